The maximum Gasteiger partial charge on any atom is 0.184 e. The molecule has 0 aromatic carbocycles. The summed E-state index contributed by atoms with van der Waals surface area (Å²) in [6.45, 7) is 0. The number of thioether (sulfide) groups is 1. The number of halogens is 1. The highest BCUT2D eigenvalue weighted by Crippen LogP contribution is 2.31. The topological polar surface area (TPSA) is 27.0 Å². The van der Waals surface area contributed by atoms with Gasteiger partial charge < -0.3 is 0 Å². The Morgan fingerprint density at radius 2 is 2.62 bits per heavy atom. The van der Waals surface area contributed by atoms with Gasteiger partial charge in [-0.1, -0.05) is 23.4 Å². The van der Waals surface area contributed by atoms with E-state index in [1.807, 2.05) is 6.19 Å². The van der Waals surface area contributed by atoms with Gasteiger partial charge in [0.05, 0.1) is 4.36 Å². The van der Waals surface area contributed by atoms with E-state index >= 15 is 0 Å². The van der Waals surface area contributed by atoms with Crippen molar-refractivity contribution in [1.29, 1.82) is 5.26 Å². The third kappa shape index (κ3) is 1.09. The van der Waals surface area contributed by atoms with E-state index in [0.29, 0.717) is 4.36 Å². The van der Waals surface area contributed by atoms with Crippen LogP contribution in [-0.2, 0) is 0 Å². The Morgan fingerprint density at radius 1 is 1.88 bits per heavy atom. The molecular weight excluding hydrogens is 144 g/mol. The molecule has 0 atom stereocenters. The summed E-state index contributed by atoms with van der Waals surface area (Å²) >= 11 is 6.82. The molecule has 0 saturated heterocycles. The van der Waals surface area contributed by atoms with E-state index in [1.165, 1.54) is 16.7 Å². The minimum atomic E-state index is 0.631. The minimum absolute atomic E-state index is 0.631. The molecule has 1 rings (SSSR count). The summed E-state index contributed by atoms with van der Waals surface area (Å²) in [5.41, 5.74) is 0. The van der Waals surface area contributed by atoms with E-state index in [1.54, 1.807) is 12.1 Å². The van der Waals surface area contributed by atoms with Gasteiger partial charge in [-0.3, -0.25) is 4.90 Å². The van der Waals surface area contributed by atoms with Crippen LogP contribution >= 0.6 is 23.4 Å². The van der Waals surface area contributed by atoms with Crippen LogP contribution < -0.4 is 0 Å². The van der Waals surface area contributed by atoms with Gasteiger partial charge in [-0.15, -0.1) is 0 Å². The fourth-order valence-corrected chi connectivity index (χ4v) is 1.05. The van der Waals surface area contributed by atoms with Gasteiger partial charge in [0, 0.05) is 6.20 Å². The summed E-state index contributed by atoms with van der Waals surface area (Å²) in [7, 11) is 0. The monoisotopic (exact) mass is 145 g/mol. The lowest BCUT2D eigenvalue weighted by atomic mass is 10.8. The first-order chi connectivity index (χ1) is 3.83. The molecule has 0 N–H and O–H groups in total. The maximum absolute atomic E-state index is 8.21. The van der Waals surface area contributed by atoms with Crippen molar-refractivity contribution in [2.24, 2.45) is 0 Å². The Labute approximate surface area is 56.7 Å². The first-order valence-corrected chi connectivity index (χ1v) is 3.14. The van der Waals surface area contributed by atoms with Crippen LogP contribution in [0.2, 0.25) is 0 Å². The van der Waals surface area contributed by atoms with Crippen LogP contribution in [0, 0.1) is 17.3 Å². The number of nitrogens with zero attached hydrogens (tertiary/aromatic N) is 2. The summed E-state index contributed by atoms with van der Waals surface area (Å²) in [5, 5.41) is 8.21. The Kier molecular flexibility index (Phi) is 1.66. The zero-order chi connectivity index (χ0) is 5.98. The van der Waals surface area contributed by atoms with Gasteiger partial charge in [0.2, 0.25) is 0 Å². The lowest BCUT2D eigenvalue weighted by Gasteiger charge is -1.94. The van der Waals surface area contributed by atoms with Crippen LogP contribution in [0.15, 0.2) is 10.6 Å². The molecule has 0 fully saturated rings. The smallest absolute Gasteiger partial charge is 0.184 e. The number of hydrogen-bond acceptors (Lipinski definition) is 3. The molecule has 0 aromatic rings. The van der Waals surface area contributed by atoms with Crippen molar-refractivity contribution in [1.82, 2.24) is 4.90 Å². The molecule has 1 aliphatic rings. The second-order valence-electron chi connectivity index (χ2n) is 1.16. The standard InChI is InChI=1S/C4H2ClN2S/c5-4-1-7(2-6)3-8-4/h1,3H. The molecule has 2 nitrogen and oxygen atoms in total. The van der Waals surface area contributed by atoms with Crippen molar-refractivity contribution < 1.29 is 0 Å². The summed E-state index contributed by atoms with van der Waals surface area (Å²) in [6, 6.07) is 0. The third-order valence-electron chi connectivity index (χ3n) is 0.635. The van der Waals surface area contributed by atoms with Gasteiger partial charge >= 0.3 is 0 Å². The summed E-state index contributed by atoms with van der Waals surface area (Å²) < 4.78 is 0.631. The molecule has 41 valence electrons. The second-order valence-corrected chi connectivity index (χ2v) is 2.68. The number of rotatable bonds is 0. The molecule has 1 heterocycles. The van der Waals surface area contributed by atoms with Gasteiger partial charge in [0.1, 0.15) is 5.88 Å². The molecule has 1 radical (unpaired) electrons. The van der Waals surface area contributed by atoms with Gasteiger partial charge in [0.15, 0.2) is 6.19 Å². The summed E-state index contributed by atoms with van der Waals surface area (Å²) in [4.78, 5) is 1.35. The van der Waals surface area contributed by atoms with Gasteiger partial charge in [0.25, 0.3) is 0 Å². The van der Waals surface area contributed by atoms with Crippen LogP contribution in [0.4, 0.5) is 0 Å². The molecule has 0 saturated carbocycles. The average molecular weight is 146 g/mol. The molecule has 4 heteroatoms. The zero-order valence-electron chi connectivity index (χ0n) is 3.84. The average Bonchev–Trinajstić information content (AvgIpc) is 2.14. The Bertz CT molecular complexity index is 160. The van der Waals surface area contributed by atoms with Gasteiger partial charge in [-0.05, 0) is 0 Å². The Hall–Kier alpha value is -0.330. The Morgan fingerprint density at radius 3 is 2.88 bits per heavy atom. The molecule has 0 amide bonds. The molecular formula is C4H2ClN2S. The zero-order valence-corrected chi connectivity index (χ0v) is 5.41. The van der Waals surface area contributed by atoms with Crippen molar-refractivity contribution in [2.75, 3.05) is 0 Å². The van der Waals surface area contributed by atoms with Crippen molar-refractivity contribution in [3.8, 4) is 6.19 Å². The van der Waals surface area contributed by atoms with Crippen molar-refractivity contribution in [3.63, 3.8) is 0 Å². The van der Waals surface area contributed by atoms with Crippen LogP contribution in [0.1, 0.15) is 0 Å². The van der Waals surface area contributed by atoms with E-state index < -0.39 is 0 Å². The molecule has 0 unspecified atom stereocenters. The molecule has 8 heavy (non-hydrogen) atoms. The van der Waals surface area contributed by atoms with Crippen LogP contribution in [-0.4, -0.2) is 4.90 Å². The highest BCUT2D eigenvalue weighted by atomic mass is 35.5. The molecule has 0 spiro atoms. The normalized spacial score (nSPS) is 18.0. The van der Waals surface area contributed by atoms with Crippen LogP contribution in [0.25, 0.3) is 0 Å². The fourth-order valence-electron chi connectivity index (χ4n) is 0.330. The lowest BCUT2D eigenvalue weighted by Crippen LogP contribution is -1.96. The highest BCUT2D eigenvalue weighted by Gasteiger charge is 2.09. The largest absolute Gasteiger partial charge is 0.268 e. The third-order valence-corrected chi connectivity index (χ3v) is 1.66. The first kappa shape index (κ1) is 5.80. The second kappa shape index (κ2) is 2.29. The quantitative estimate of drug-likeness (QED) is 0.486. The lowest BCUT2D eigenvalue weighted by molar-refractivity contribution is 0.702. The van der Waals surface area contributed by atoms with E-state index in [4.69, 9.17) is 16.9 Å². The fraction of sp³-hybridized carbons (Fsp3) is 0. The molecule has 0 aliphatic carbocycles. The van der Waals surface area contributed by atoms with Gasteiger partial charge in [-0.25, -0.2) is 0 Å². The van der Waals surface area contributed by atoms with E-state index in [0.717, 1.165) is 0 Å². The summed E-state index contributed by atoms with van der Waals surface area (Å²) in [5.74, 6) is 1.64. The van der Waals surface area contributed by atoms with Crippen LogP contribution in [0.5, 0.6) is 0 Å². The Balaban J connectivity index is 2.57. The first-order valence-electron chi connectivity index (χ1n) is 1.88. The summed E-state index contributed by atoms with van der Waals surface area (Å²) in [6.07, 6.45) is 3.45. The number of nitriles is 1. The van der Waals surface area contributed by atoms with Crippen molar-refractivity contribution in [3.05, 3.63) is 16.4 Å². The van der Waals surface area contributed by atoms with E-state index in [-0.39, 0.29) is 0 Å². The highest BCUT2D eigenvalue weighted by molar-refractivity contribution is 8.06. The van der Waals surface area contributed by atoms with Crippen molar-refractivity contribution >= 4 is 23.4 Å². The SMILES string of the molecule is N#CN1[CH]SC(Cl)=C1. The number of hydrogen-bond donors (Lipinski definition) is 0. The molecule has 1 aliphatic heterocycles. The minimum Gasteiger partial charge on any atom is -0.268 e. The van der Waals surface area contributed by atoms with Crippen molar-refractivity contribution in [2.45, 2.75) is 0 Å². The van der Waals surface area contributed by atoms with Crippen LogP contribution in [0.3, 0.4) is 0 Å². The maximum atomic E-state index is 8.21. The van der Waals surface area contributed by atoms with E-state index in [9.17, 15) is 0 Å². The predicted molar refractivity (Wildman–Crippen MR) is 33.3 cm³/mol. The molecule has 0 aromatic heterocycles. The molecule has 0 bridgehead atoms. The van der Waals surface area contributed by atoms with Gasteiger partial charge in [-0.2, -0.15) is 5.26 Å². The van der Waals surface area contributed by atoms with E-state index in [2.05, 4.69) is 0 Å². The predicted octanol–water partition coefficient (Wildman–Crippen LogP) is 1.67.